The van der Waals surface area contributed by atoms with Crippen molar-refractivity contribution in [2.24, 2.45) is 5.92 Å². The Morgan fingerprint density at radius 3 is 2.19 bits per heavy atom. The highest BCUT2D eigenvalue weighted by Crippen LogP contribution is 2.36. The minimum Gasteiger partial charge on any atom is -0.494 e. The molecule has 7 nitrogen and oxygen atoms in total. The minimum absolute atomic E-state index is 0.435. The van der Waals surface area contributed by atoms with Gasteiger partial charge >= 0.3 is 0 Å². The Bertz CT molecular complexity index is 914. The summed E-state index contributed by atoms with van der Waals surface area (Å²) in [5, 5.41) is 0.991. The van der Waals surface area contributed by atoms with Crippen molar-refractivity contribution in [1.82, 2.24) is 9.88 Å². The van der Waals surface area contributed by atoms with Crippen molar-refractivity contribution >= 4 is 40.1 Å². The molecule has 0 bridgehead atoms. The van der Waals surface area contributed by atoms with Crippen molar-refractivity contribution < 1.29 is 18.9 Å². The maximum atomic E-state index is 6.33. The van der Waals surface area contributed by atoms with Crippen LogP contribution in [-0.4, -0.2) is 100 Å². The second kappa shape index (κ2) is 15.8. The Labute approximate surface area is 225 Å². The number of hydrogen-bond acceptors (Lipinski definition) is 9. The molecule has 1 aliphatic rings. The Hall–Kier alpha value is -1.39. The van der Waals surface area contributed by atoms with Gasteiger partial charge in [-0.05, 0) is 12.0 Å². The maximum absolute atomic E-state index is 6.33. The number of rotatable bonds is 7. The number of hydrogen-bond donors (Lipinski definition) is 0. The van der Waals surface area contributed by atoms with Gasteiger partial charge in [0.25, 0.3) is 0 Å². The minimum atomic E-state index is 0.435. The monoisotopic (exact) mass is 537 g/mol. The van der Waals surface area contributed by atoms with Gasteiger partial charge in [0, 0.05) is 79.9 Å². The van der Waals surface area contributed by atoms with E-state index in [4.69, 9.17) is 23.9 Å². The Kier molecular flexibility index (Phi) is 12.8. The molecule has 0 amide bonds. The zero-order chi connectivity index (χ0) is 25.8. The molecule has 0 spiro atoms. The SMILES string of the molecule is COc1cc(N(C)C)cc2c(OCC(C)C)cc(CN3CCSCCOCCOCCSCC3)nc12. The van der Waals surface area contributed by atoms with Crippen LogP contribution >= 0.6 is 23.5 Å². The summed E-state index contributed by atoms with van der Waals surface area (Å²) in [6.07, 6.45) is 0. The average molecular weight is 538 g/mol. The Morgan fingerprint density at radius 2 is 1.61 bits per heavy atom. The van der Waals surface area contributed by atoms with Crippen LogP contribution in [0.25, 0.3) is 10.9 Å². The van der Waals surface area contributed by atoms with E-state index in [2.05, 4.69) is 35.8 Å². The molecule has 1 aromatic carbocycles. The largest absolute Gasteiger partial charge is 0.494 e. The molecule has 0 unspecified atom stereocenters. The quantitative estimate of drug-likeness (QED) is 0.502. The second-order valence-corrected chi connectivity index (χ2v) is 11.9. The topological polar surface area (TPSA) is 56.3 Å². The zero-order valence-corrected chi connectivity index (χ0v) is 24.2. The number of nitrogens with zero attached hydrogens (tertiary/aromatic N) is 3. The molecule has 1 saturated heterocycles. The molecular formula is C27H43N3O4S2. The molecule has 0 saturated carbocycles. The summed E-state index contributed by atoms with van der Waals surface area (Å²) in [6, 6.07) is 6.32. The molecule has 0 N–H and O–H groups in total. The number of anilines is 1. The molecule has 2 aromatic rings. The molecular weight excluding hydrogens is 494 g/mol. The molecule has 202 valence electrons. The summed E-state index contributed by atoms with van der Waals surface area (Å²) in [6.45, 7) is 10.7. The first-order valence-electron chi connectivity index (χ1n) is 12.8. The summed E-state index contributed by atoms with van der Waals surface area (Å²) >= 11 is 3.89. The third kappa shape index (κ3) is 9.49. The van der Waals surface area contributed by atoms with Crippen LogP contribution in [-0.2, 0) is 16.0 Å². The third-order valence-corrected chi connectivity index (χ3v) is 7.65. The normalized spacial score (nSPS) is 17.5. The highest BCUT2D eigenvalue weighted by atomic mass is 32.2. The van der Waals surface area contributed by atoms with Crippen molar-refractivity contribution in [1.29, 1.82) is 0 Å². The molecule has 0 radical (unpaired) electrons. The van der Waals surface area contributed by atoms with E-state index in [0.717, 1.165) is 89.6 Å². The fourth-order valence-electron chi connectivity index (χ4n) is 3.82. The summed E-state index contributed by atoms with van der Waals surface area (Å²) < 4.78 is 23.4. The number of methoxy groups -OCH3 is 1. The number of pyridine rings is 1. The van der Waals surface area contributed by atoms with E-state index in [9.17, 15) is 0 Å². The summed E-state index contributed by atoms with van der Waals surface area (Å²) in [5.74, 6) is 6.25. The molecule has 1 aromatic heterocycles. The first-order chi connectivity index (χ1) is 17.5. The van der Waals surface area contributed by atoms with Gasteiger partial charge in [-0.3, -0.25) is 4.90 Å². The van der Waals surface area contributed by atoms with Crippen LogP contribution in [0.1, 0.15) is 19.5 Å². The first-order valence-corrected chi connectivity index (χ1v) is 15.1. The van der Waals surface area contributed by atoms with Crippen LogP contribution in [0, 0.1) is 5.92 Å². The molecule has 1 fully saturated rings. The summed E-state index contributed by atoms with van der Waals surface area (Å²) in [5.41, 5.74) is 2.93. The van der Waals surface area contributed by atoms with E-state index < -0.39 is 0 Å². The van der Waals surface area contributed by atoms with E-state index in [1.807, 2.05) is 43.7 Å². The van der Waals surface area contributed by atoms with Gasteiger partial charge in [-0.15, -0.1) is 0 Å². The van der Waals surface area contributed by atoms with E-state index >= 15 is 0 Å². The van der Waals surface area contributed by atoms with Crippen molar-refractivity contribution in [2.75, 3.05) is 95.2 Å². The van der Waals surface area contributed by atoms with Crippen LogP contribution < -0.4 is 14.4 Å². The lowest BCUT2D eigenvalue weighted by Gasteiger charge is -2.23. The van der Waals surface area contributed by atoms with Gasteiger partial charge in [-0.25, -0.2) is 4.98 Å². The lowest BCUT2D eigenvalue weighted by molar-refractivity contribution is 0.0605. The highest BCUT2D eigenvalue weighted by Gasteiger charge is 2.17. The highest BCUT2D eigenvalue weighted by molar-refractivity contribution is 7.99. The number of ether oxygens (including phenoxy) is 4. The van der Waals surface area contributed by atoms with Crippen LogP contribution in [0.4, 0.5) is 5.69 Å². The molecule has 0 atom stereocenters. The number of thioether (sulfide) groups is 2. The maximum Gasteiger partial charge on any atom is 0.147 e. The Morgan fingerprint density at radius 1 is 0.944 bits per heavy atom. The molecule has 1 aliphatic heterocycles. The van der Waals surface area contributed by atoms with E-state index in [-0.39, 0.29) is 0 Å². The fraction of sp³-hybridized carbons (Fsp3) is 0.667. The lowest BCUT2D eigenvalue weighted by atomic mass is 10.1. The van der Waals surface area contributed by atoms with Gasteiger partial charge in [-0.1, -0.05) is 13.8 Å². The Balaban J connectivity index is 1.84. The zero-order valence-electron chi connectivity index (χ0n) is 22.6. The summed E-state index contributed by atoms with van der Waals surface area (Å²) in [7, 11) is 5.78. The standard InChI is InChI=1S/C27H43N3O4S2/c1-21(2)20-34-25-16-22(28-27-24(25)17-23(29(3)4)18-26(27)31-5)19-30-6-12-35-14-10-32-8-9-33-11-15-36-13-7-30/h16-18,21H,6-15,19-20H2,1-5H3. The van der Waals surface area contributed by atoms with Crippen molar-refractivity contribution in [2.45, 2.75) is 20.4 Å². The van der Waals surface area contributed by atoms with E-state index in [1.54, 1.807) is 7.11 Å². The lowest BCUT2D eigenvalue weighted by Crippen LogP contribution is -2.29. The fourth-order valence-corrected chi connectivity index (χ4v) is 5.47. The first kappa shape index (κ1) is 29.2. The van der Waals surface area contributed by atoms with Crippen molar-refractivity contribution in [3.8, 4) is 11.5 Å². The van der Waals surface area contributed by atoms with Gasteiger partial charge < -0.3 is 23.8 Å². The predicted octanol–water partition coefficient (Wildman–Crippen LogP) is 4.66. The number of fused-ring (bicyclic) bond motifs is 1. The van der Waals surface area contributed by atoms with Crippen molar-refractivity contribution in [3.63, 3.8) is 0 Å². The molecule has 2 heterocycles. The van der Waals surface area contributed by atoms with Crippen LogP contribution in [0.15, 0.2) is 18.2 Å². The number of aromatic nitrogens is 1. The summed E-state index contributed by atoms with van der Waals surface area (Å²) in [4.78, 5) is 9.66. The molecule has 3 rings (SSSR count). The number of benzene rings is 1. The van der Waals surface area contributed by atoms with Gasteiger partial charge in [0.1, 0.15) is 17.0 Å². The predicted molar refractivity (Wildman–Crippen MR) is 155 cm³/mol. The van der Waals surface area contributed by atoms with E-state index in [1.165, 1.54) is 0 Å². The van der Waals surface area contributed by atoms with Crippen LogP contribution in [0.2, 0.25) is 0 Å². The van der Waals surface area contributed by atoms with Gasteiger partial charge in [0.05, 0.1) is 45.8 Å². The van der Waals surface area contributed by atoms with E-state index in [0.29, 0.717) is 25.7 Å². The smallest absolute Gasteiger partial charge is 0.147 e. The van der Waals surface area contributed by atoms with Crippen LogP contribution in [0.3, 0.4) is 0 Å². The van der Waals surface area contributed by atoms with Gasteiger partial charge in [0.15, 0.2) is 0 Å². The molecule has 0 aliphatic carbocycles. The second-order valence-electron chi connectivity index (χ2n) is 9.48. The molecule has 9 heteroatoms. The van der Waals surface area contributed by atoms with Gasteiger partial charge in [-0.2, -0.15) is 23.5 Å². The average Bonchev–Trinajstić information content (AvgIpc) is 2.87. The van der Waals surface area contributed by atoms with Gasteiger partial charge in [0.2, 0.25) is 0 Å². The third-order valence-electron chi connectivity index (χ3n) is 5.79. The van der Waals surface area contributed by atoms with Crippen LogP contribution in [0.5, 0.6) is 11.5 Å². The van der Waals surface area contributed by atoms with Crippen molar-refractivity contribution in [3.05, 3.63) is 23.9 Å². The molecule has 36 heavy (non-hydrogen) atoms.